The summed E-state index contributed by atoms with van der Waals surface area (Å²) in [5.74, 6) is -3.94. The Bertz CT molecular complexity index is 1220. The number of fused-ring (bicyclic) bond motifs is 1. The summed E-state index contributed by atoms with van der Waals surface area (Å²) in [4.78, 5) is 36.7. The molecule has 0 spiro atoms. The first kappa shape index (κ1) is 22.5. The molecule has 0 unspecified atom stereocenters. The van der Waals surface area contributed by atoms with Crippen molar-refractivity contribution >= 4 is 23.5 Å². The number of aryl methyl sites for hydroxylation is 1. The number of aromatic nitrogens is 4. The standard InChI is InChI=1S/C21H21F3N6O3/c1-3-33-18(31)9-13-12(2)27-21-25-11-26-30(21)19(13)28-4-6-29(7-5-28)20(32)14-8-16(23)17(24)10-15(14)22/h8,10-11H,3-7,9H2,1-2H3. The van der Waals surface area contributed by atoms with Gasteiger partial charge in [0.1, 0.15) is 18.0 Å². The number of benzene rings is 1. The van der Waals surface area contributed by atoms with Gasteiger partial charge < -0.3 is 14.5 Å². The molecule has 174 valence electrons. The number of halogens is 3. The lowest BCUT2D eigenvalue weighted by molar-refractivity contribution is -0.142. The number of carbonyl (C=O) groups is 2. The molecular formula is C21H21F3N6O3. The van der Waals surface area contributed by atoms with Gasteiger partial charge in [-0.1, -0.05) is 0 Å². The number of piperazine rings is 1. The van der Waals surface area contributed by atoms with Gasteiger partial charge in [0.15, 0.2) is 11.6 Å². The first-order valence-corrected chi connectivity index (χ1v) is 10.3. The lowest BCUT2D eigenvalue weighted by Crippen LogP contribution is -2.50. The molecule has 12 heteroatoms. The van der Waals surface area contributed by atoms with E-state index in [9.17, 15) is 22.8 Å². The first-order chi connectivity index (χ1) is 15.8. The van der Waals surface area contributed by atoms with Crippen LogP contribution in [0.3, 0.4) is 0 Å². The van der Waals surface area contributed by atoms with Crippen molar-refractivity contribution in [2.45, 2.75) is 20.3 Å². The van der Waals surface area contributed by atoms with E-state index >= 15 is 0 Å². The van der Waals surface area contributed by atoms with Crippen molar-refractivity contribution in [1.82, 2.24) is 24.5 Å². The van der Waals surface area contributed by atoms with Gasteiger partial charge in [-0.25, -0.2) is 18.2 Å². The molecule has 0 atom stereocenters. The highest BCUT2D eigenvalue weighted by atomic mass is 19.2. The fraction of sp³-hybridized carbons (Fsp3) is 0.381. The summed E-state index contributed by atoms with van der Waals surface area (Å²) in [6.45, 7) is 4.75. The van der Waals surface area contributed by atoms with Crippen LogP contribution in [-0.4, -0.2) is 69.1 Å². The Morgan fingerprint density at radius 3 is 2.45 bits per heavy atom. The summed E-state index contributed by atoms with van der Waals surface area (Å²) >= 11 is 0. The van der Waals surface area contributed by atoms with Crippen molar-refractivity contribution in [2.75, 3.05) is 37.7 Å². The zero-order valence-electron chi connectivity index (χ0n) is 18.0. The number of hydrogen-bond donors (Lipinski definition) is 0. The van der Waals surface area contributed by atoms with Gasteiger partial charge in [-0.2, -0.15) is 14.6 Å². The van der Waals surface area contributed by atoms with E-state index in [4.69, 9.17) is 4.74 Å². The van der Waals surface area contributed by atoms with Crippen molar-refractivity contribution in [3.8, 4) is 0 Å². The lowest BCUT2D eigenvalue weighted by Gasteiger charge is -2.37. The Balaban J connectivity index is 1.59. The number of hydrogen-bond acceptors (Lipinski definition) is 7. The van der Waals surface area contributed by atoms with Crippen molar-refractivity contribution in [2.24, 2.45) is 0 Å². The van der Waals surface area contributed by atoms with Gasteiger partial charge in [0.05, 0.1) is 18.6 Å². The maximum Gasteiger partial charge on any atom is 0.310 e. The molecule has 33 heavy (non-hydrogen) atoms. The topological polar surface area (TPSA) is 92.9 Å². The van der Waals surface area contributed by atoms with Gasteiger partial charge in [0.2, 0.25) is 0 Å². The number of carbonyl (C=O) groups excluding carboxylic acids is 2. The summed E-state index contributed by atoms with van der Waals surface area (Å²) in [5, 5.41) is 4.22. The van der Waals surface area contributed by atoms with Crippen LogP contribution in [0.4, 0.5) is 19.0 Å². The molecule has 3 heterocycles. The fourth-order valence-corrected chi connectivity index (χ4v) is 3.83. The second-order valence-electron chi connectivity index (χ2n) is 7.48. The quantitative estimate of drug-likeness (QED) is 0.423. The van der Waals surface area contributed by atoms with E-state index in [1.807, 2.05) is 4.90 Å². The molecule has 1 amide bonds. The Kier molecular flexibility index (Phi) is 6.16. The first-order valence-electron chi connectivity index (χ1n) is 10.3. The minimum absolute atomic E-state index is 0.0168. The van der Waals surface area contributed by atoms with Crippen LogP contribution in [-0.2, 0) is 16.0 Å². The molecule has 0 radical (unpaired) electrons. The normalized spacial score (nSPS) is 14.1. The predicted octanol–water partition coefficient (Wildman–Crippen LogP) is 1.92. The van der Waals surface area contributed by atoms with Gasteiger partial charge in [0, 0.05) is 43.5 Å². The second-order valence-corrected chi connectivity index (χ2v) is 7.48. The van der Waals surface area contributed by atoms with Crippen LogP contribution in [0.1, 0.15) is 28.5 Å². The van der Waals surface area contributed by atoms with E-state index in [0.29, 0.717) is 48.1 Å². The summed E-state index contributed by atoms with van der Waals surface area (Å²) in [7, 11) is 0. The minimum atomic E-state index is -1.35. The zero-order valence-corrected chi connectivity index (χ0v) is 18.0. The summed E-state index contributed by atoms with van der Waals surface area (Å²) in [6, 6.07) is 0.934. The van der Waals surface area contributed by atoms with Crippen LogP contribution >= 0.6 is 0 Å². The SMILES string of the molecule is CCOC(=O)Cc1c(C)nc2ncnn2c1N1CCN(C(=O)c2cc(F)c(F)cc2F)CC1. The molecule has 9 nitrogen and oxygen atoms in total. The van der Waals surface area contributed by atoms with E-state index in [1.54, 1.807) is 13.8 Å². The third-order valence-electron chi connectivity index (χ3n) is 5.44. The van der Waals surface area contributed by atoms with E-state index in [2.05, 4.69) is 15.1 Å². The number of rotatable bonds is 5. The Morgan fingerprint density at radius 2 is 1.76 bits per heavy atom. The van der Waals surface area contributed by atoms with Crippen LogP contribution in [0, 0.1) is 24.4 Å². The van der Waals surface area contributed by atoms with Crippen LogP contribution in [0.5, 0.6) is 0 Å². The van der Waals surface area contributed by atoms with Crippen LogP contribution < -0.4 is 4.90 Å². The third-order valence-corrected chi connectivity index (χ3v) is 5.44. The van der Waals surface area contributed by atoms with Crippen molar-refractivity contribution < 1.29 is 27.5 Å². The zero-order chi connectivity index (χ0) is 23.7. The van der Waals surface area contributed by atoms with Gasteiger partial charge in [-0.3, -0.25) is 9.59 Å². The second kappa shape index (κ2) is 9.04. The highest BCUT2D eigenvalue weighted by Crippen LogP contribution is 2.26. The van der Waals surface area contributed by atoms with Crippen LogP contribution in [0.2, 0.25) is 0 Å². The van der Waals surface area contributed by atoms with E-state index in [1.165, 1.54) is 15.7 Å². The molecular weight excluding hydrogens is 441 g/mol. The Hall–Kier alpha value is -3.70. The van der Waals surface area contributed by atoms with Gasteiger partial charge >= 0.3 is 5.97 Å². The summed E-state index contributed by atoms with van der Waals surface area (Å²) < 4.78 is 47.4. The predicted molar refractivity (Wildman–Crippen MR) is 110 cm³/mol. The van der Waals surface area contributed by atoms with Crippen LogP contribution in [0.25, 0.3) is 5.78 Å². The molecule has 1 saturated heterocycles. The summed E-state index contributed by atoms with van der Waals surface area (Å²) in [5.41, 5.74) is 0.697. The molecule has 4 rings (SSSR count). The summed E-state index contributed by atoms with van der Waals surface area (Å²) in [6.07, 6.45) is 1.34. The highest BCUT2D eigenvalue weighted by molar-refractivity contribution is 5.94. The van der Waals surface area contributed by atoms with E-state index < -0.39 is 34.9 Å². The third kappa shape index (κ3) is 4.32. The number of anilines is 1. The molecule has 0 aliphatic carbocycles. The number of ether oxygens (including phenoxy) is 1. The molecule has 2 aromatic heterocycles. The smallest absolute Gasteiger partial charge is 0.310 e. The Labute approximate surface area is 186 Å². The maximum absolute atomic E-state index is 14.1. The molecule has 0 N–H and O–H groups in total. The van der Waals surface area contributed by atoms with Gasteiger partial charge in [0.25, 0.3) is 11.7 Å². The number of esters is 1. The van der Waals surface area contributed by atoms with Crippen LogP contribution in [0.15, 0.2) is 18.5 Å². The van der Waals surface area contributed by atoms with E-state index in [0.717, 1.165) is 0 Å². The average molecular weight is 462 g/mol. The highest BCUT2D eigenvalue weighted by Gasteiger charge is 2.29. The number of nitrogens with zero attached hydrogens (tertiary/aromatic N) is 6. The molecule has 0 bridgehead atoms. The molecule has 1 aliphatic rings. The fourth-order valence-electron chi connectivity index (χ4n) is 3.83. The Morgan fingerprint density at radius 1 is 1.06 bits per heavy atom. The molecule has 1 aromatic carbocycles. The lowest BCUT2D eigenvalue weighted by atomic mass is 10.1. The molecule has 1 aliphatic heterocycles. The molecule has 1 fully saturated rings. The minimum Gasteiger partial charge on any atom is -0.466 e. The van der Waals surface area contributed by atoms with E-state index in [-0.39, 0.29) is 26.1 Å². The number of amides is 1. The van der Waals surface area contributed by atoms with Crippen molar-refractivity contribution in [1.29, 1.82) is 0 Å². The van der Waals surface area contributed by atoms with Gasteiger partial charge in [-0.05, 0) is 19.9 Å². The largest absolute Gasteiger partial charge is 0.466 e. The van der Waals surface area contributed by atoms with Crippen molar-refractivity contribution in [3.63, 3.8) is 0 Å². The average Bonchev–Trinajstić information content (AvgIpc) is 3.24. The van der Waals surface area contributed by atoms with Crippen molar-refractivity contribution in [3.05, 3.63) is 52.7 Å². The maximum atomic E-state index is 14.1. The monoisotopic (exact) mass is 462 g/mol. The molecule has 3 aromatic rings. The molecule has 0 saturated carbocycles. The van der Waals surface area contributed by atoms with Gasteiger partial charge in [-0.15, -0.1) is 0 Å².